The first-order valence-electron chi connectivity index (χ1n) is 3.37. The Kier molecular flexibility index (Phi) is 3.19. The van der Waals surface area contributed by atoms with Crippen molar-refractivity contribution in [3.63, 3.8) is 0 Å². The van der Waals surface area contributed by atoms with E-state index in [1.165, 1.54) is 0 Å². The van der Waals surface area contributed by atoms with Gasteiger partial charge in [-0.2, -0.15) is 0 Å². The summed E-state index contributed by atoms with van der Waals surface area (Å²) in [4.78, 5) is 4.10. The van der Waals surface area contributed by atoms with Crippen LogP contribution in [0.2, 0.25) is 0 Å². The van der Waals surface area contributed by atoms with Crippen LogP contribution < -0.4 is 11.5 Å². The van der Waals surface area contributed by atoms with Crippen molar-refractivity contribution in [2.24, 2.45) is 5.73 Å². The monoisotopic (exact) mass is 169 g/mol. The zero-order valence-electron chi connectivity index (χ0n) is 6.16. The number of hydrogen-bond acceptors (Lipinski definition) is 4. The molecule has 1 aromatic heterocycles. The minimum Gasteiger partial charge on any atom is -0.397 e. The van der Waals surface area contributed by atoms with Crippen molar-refractivity contribution in [2.75, 3.05) is 18.0 Å². The lowest BCUT2D eigenvalue weighted by atomic mass is 10.4. The van der Waals surface area contributed by atoms with Gasteiger partial charge in [0, 0.05) is 12.3 Å². The van der Waals surface area contributed by atoms with E-state index in [-0.39, 0.29) is 0 Å². The molecule has 0 aliphatic rings. The van der Waals surface area contributed by atoms with Gasteiger partial charge in [0.25, 0.3) is 0 Å². The molecule has 0 spiro atoms. The van der Waals surface area contributed by atoms with Crippen LogP contribution in [0.3, 0.4) is 0 Å². The first-order valence-corrected chi connectivity index (χ1v) is 4.36. The number of hydrogen-bond donors (Lipinski definition) is 2. The zero-order valence-corrected chi connectivity index (χ0v) is 6.97. The fourth-order valence-electron chi connectivity index (χ4n) is 0.641. The maximum Gasteiger partial charge on any atom is 0.0961 e. The molecule has 0 unspecified atom stereocenters. The number of aromatic nitrogens is 1. The Hall–Kier alpha value is -0.740. The van der Waals surface area contributed by atoms with Crippen LogP contribution in [0.1, 0.15) is 0 Å². The number of anilines is 1. The predicted octanol–water partition coefficient (Wildman–Crippen LogP) is 0.715. The van der Waals surface area contributed by atoms with E-state index < -0.39 is 0 Å². The molecular weight excluding hydrogens is 158 g/mol. The minimum absolute atomic E-state index is 0.677. The van der Waals surface area contributed by atoms with Gasteiger partial charge in [0.15, 0.2) is 0 Å². The first-order chi connectivity index (χ1) is 5.33. The smallest absolute Gasteiger partial charge is 0.0961 e. The van der Waals surface area contributed by atoms with Gasteiger partial charge < -0.3 is 11.5 Å². The molecule has 4 N–H and O–H groups in total. The summed E-state index contributed by atoms with van der Waals surface area (Å²) in [5, 5.41) is 0.977. The maximum absolute atomic E-state index is 5.46. The van der Waals surface area contributed by atoms with Gasteiger partial charge >= 0.3 is 0 Å². The van der Waals surface area contributed by atoms with E-state index >= 15 is 0 Å². The third-order valence-electron chi connectivity index (χ3n) is 1.13. The molecule has 0 saturated heterocycles. The Bertz CT molecular complexity index is 209. The van der Waals surface area contributed by atoms with Gasteiger partial charge in [-0.15, -0.1) is 11.8 Å². The molecule has 1 aromatic rings. The average Bonchev–Trinajstić information content (AvgIpc) is 2.04. The molecule has 0 atom stereocenters. The highest BCUT2D eigenvalue weighted by atomic mass is 32.2. The molecular formula is C7H11N3S. The summed E-state index contributed by atoms with van der Waals surface area (Å²) in [6, 6.07) is 3.74. The first kappa shape index (κ1) is 8.36. The van der Waals surface area contributed by atoms with E-state index in [1.54, 1.807) is 18.0 Å². The van der Waals surface area contributed by atoms with Gasteiger partial charge in [-0.25, -0.2) is 4.98 Å². The maximum atomic E-state index is 5.46. The third kappa shape index (κ3) is 2.78. The number of nitrogens with two attached hydrogens (primary N) is 2. The largest absolute Gasteiger partial charge is 0.397 e. The van der Waals surface area contributed by atoms with Crippen LogP contribution in [0.15, 0.2) is 23.4 Å². The van der Waals surface area contributed by atoms with Gasteiger partial charge in [-0.3, -0.25) is 0 Å². The van der Waals surface area contributed by atoms with E-state index in [2.05, 4.69) is 4.98 Å². The van der Waals surface area contributed by atoms with Gasteiger partial charge in [-0.1, -0.05) is 0 Å². The number of nitrogen functional groups attached to an aromatic ring is 1. The molecule has 4 heteroatoms. The Morgan fingerprint density at radius 1 is 1.45 bits per heavy atom. The fraction of sp³-hybridized carbons (Fsp3) is 0.286. The molecule has 0 amide bonds. The van der Waals surface area contributed by atoms with Crippen LogP contribution in [-0.2, 0) is 0 Å². The van der Waals surface area contributed by atoms with Crippen LogP contribution >= 0.6 is 11.8 Å². The van der Waals surface area contributed by atoms with Crippen molar-refractivity contribution in [1.82, 2.24) is 4.98 Å². The van der Waals surface area contributed by atoms with Gasteiger partial charge in [0.1, 0.15) is 0 Å². The van der Waals surface area contributed by atoms with Crippen molar-refractivity contribution < 1.29 is 0 Å². The van der Waals surface area contributed by atoms with Crippen molar-refractivity contribution in [2.45, 2.75) is 5.03 Å². The number of rotatable bonds is 3. The van der Waals surface area contributed by atoms with Crippen LogP contribution in [0.5, 0.6) is 0 Å². The van der Waals surface area contributed by atoms with E-state index in [4.69, 9.17) is 11.5 Å². The second-order valence-electron chi connectivity index (χ2n) is 2.07. The van der Waals surface area contributed by atoms with E-state index in [0.29, 0.717) is 12.2 Å². The standard InChI is InChI=1S/C7H11N3S/c8-3-4-11-7-2-1-6(9)5-10-7/h1-2,5H,3-4,8-9H2. The van der Waals surface area contributed by atoms with Crippen LogP contribution in [-0.4, -0.2) is 17.3 Å². The molecule has 11 heavy (non-hydrogen) atoms. The normalized spacial score (nSPS) is 9.91. The summed E-state index contributed by atoms with van der Waals surface area (Å²) < 4.78 is 0. The summed E-state index contributed by atoms with van der Waals surface area (Å²) in [6.45, 7) is 0.677. The van der Waals surface area contributed by atoms with Crippen molar-refractivity contribution in [3.8, 4) is 0 Å². The van der Waals surface area contributed by atoms with Crippen LogP contribution in [0.25, 0.3) is 0 Å². The van der Waals surface area contributed by atoms with E-state index in [9.17, 15) is 0 Å². The SMILES string of the molecule is NCCSc1ccc(N)cn1. The molecule has 3 nitrogen and oxygen atoms in total. The van der Waals surface area contributed by atoms with Crippen LogP contribution in [0.4, 0.5) is 5.69 Å². The molecule has 0 aromatic carbocycles. The number of thioether (sulfide) groups is 1. The van der Waals surface area contributed by atoms with Crippen molar-refractivity contribution >= 4 is 17.4 Å². The highest BCUT2D eigenvalue weighted by Crippen LogP contribution is 2.14. The lowest BCUT2D eigenvalue weighted by molar-refractivity contribution is 1.11. The van der Waals surface area contributed by atoms with E-state index in [0.717, 1.165) is 10.8 Å². The zero-order chi connectivity index (χ0) is 8.10. The molecule has 0 saturated carbocycles. The van der Waals surface area contributed by atoms with E-state index in [1.807, 2.05) is 12.1 Å². The molecule has 0 radical (unpaired) electrons. The fourth-order valence-corrected chi connectivity index (χ4v) is 1.26. The Labute approximate surface area is 70.2 Å². The van der Waals surface area contributed by atoms with Gasteiger partial charge in [0.05, 0.1) is 16.9 Å². The summed E-state index contributed by atoms with van der Waals surface area (Å²) in [7, 11) is 0. The summed E-state index contributed by atoms with van der Waals surface area (Å²) in [6.07, 6.45) is 1.65. The summed E-state index contributed by atoms with van der Waals surface area (Å²) in [5.74, 6) is 0.900. The second kappa shape index (κ2) is 4.20. The molecule has 1 rings (SSSR count). The molecule has 0 fully saturated rings. The quantitative estimate of drug-likeness (QED) is 0.654. The Morgan fingerprint density at radius 3 is 2.82 bits per heavy atom. The summed E-state index contributed by atoms with van der Waals surface area (Å²) in [5.41, 5.74) is 11.5. The summed E-state index contributed by atoms with van der Waals surface area (Å²) >= 11 is 1.64. The number of nitrogens with zero attached hydrogens (tertiary/aromatic N) is 1. The van der Waals surface area contributed by atoms with Crippen molar-refractivity contribution in [3.05, 3.63) is 18.3 Å². The number of pyridine rings is 1. The van der Waals surface area contributed by atoms with Crippen molar-refractivity contribution in [1.29, 1.82) is 0 Å². The molecule has 0 aliphatic carbocycles. The highest BCUT2D eigenvalue weighted by molar-refractivity contribution is 7.99. The topological polar surface area (TPSA) is 64.9 Å². The lowest BCUT2D eigenvalue weighted by Gasteiger charge is -1.97. The van der Waals surface area contributed by atoms with Crippen LogP contribution in [0, 0.1) is 0 Å². The average molecular weight is 169 g/mol. The molecule has 0 bridgehead atoms. The Morgan fingerprint density at radius 2 is 2.27 bits per heavy atom. The lowest BCUT2D eigenvalue weighted by Crippen LogP contribution is -2.01. The Balaban J connectivity index is 2.52. The highest BCUT2D eigenvalue weighted by Gasteiger charge is 1.92. The second-order valence-corrected chi connectivity index (χ2v) is 3.18. The predicted molar refractivity (Wildman–Crippen MR) is 48.4 cm³/mol. The molecule has 0 aliphatic heterocycles. The molecule has 1 heterocycles. The minimum atomic E-state index is 0.677. The molecule has 60 valence electrons. The van der Waals surface area contributed by atoms with Gasteiger partial charge in [0.2, 0.25) is 0 Å². The van der Waals surface area contributed by atoms with Gasteiger partial charge in [-0.05, 0) is 12.1 Å². The third-order valence-corrected chi connectivity index (χ3v) is 2.10.